The number of pyridine rings is 2. The van der Waals surface area contributed by atoms with Crippen molar-refractivity contribution in [2.75, 3.05) is 0 Å². The molecule has 246 valence electrons. The molecule has 3 heteroatoms. The fourth-order valence-corrected chi connectivity index (χ4v) is 8.48. The summed E-state index contributed by atoms with van der Waals surface area (Å²) in [4.78, 5) is 9.70. The monoisotopic (exact) mass is 665 g/mol. The van der Waals surface area contributed by atoms with Gasteiger partial charge in [-0.3, -0.25) is 9.97 Å². The Bertz CT molecular complexity index is 2800. The molecule has 10 rings (SSSR count). The quantitative estimate of drug-likeness (QED) is 0.183. The van der Waals surface area contributed by atoms with Gasteiger partial charge in [-0.2, -0.15) is 0 Å². The van der Waals surface area contributed by atoms with Gasteiger partial charge in [0.2, 0.25) is 0 Å². The molecule has 52 heavy (non-hydrogen) atoms. The van der Waals surface area contributed by atoms with Crippen LogP contribution in [0.4, 0.5) is 0 Å². The van der Waals surface area contributed by atoms with E-state index in [1.165, 1.54) is 55.2 Å². The number of benzene rings is 6. The Morgan fingerprint density at radius 3 is 1.98 bits per heavy atom. The molecule has 0 saturated carbocycles. The zero-order valence-corrected chi connectivity index (χ0v) is 29.1. The lowest BCUT2D eigenvalue weighted by atomic mass is 9.79. The van der Waals surface area contributed by atoms with E-state index in [-0.39, 0.29) is 5.41 Å². The first-order valence-corrected chi connectivity index (χ1v) is 17.9. The molecule has 9 aromatic rings. The van der Waals surface area contributed by atoms with Gasteiger partial charge in [-0.15, -0.1) is 0 Å². The van der Waals surface area contributed by atoms with Gasteiger partial charge in [-0.25, -0.2) is 0 Å². The second-order valence-electron chi connectivity index (χ2n) is 14.2. The smallest absolute Gasteiger partial charge is 0.0709 e. The number of hydrogen-bond acceptors (Lipinski definition) is 2. The molecule has 1 aliphatic carbocycles. The van der Waals surface area contributed by atoms with Gasteiger partial charge in [0.05, 0.1) is 22.4 Å². The van der Waals surface area contributed by atoms with Crippen LogP contribution >= 0.6 is 0 Å². The van der Waals surface area contributed by atoms with Crippen LogP contribution in [-0.4, -0.2) is 14.5 Å². The highest BCUT2D eigenvalue weighted by atomic mass is 15.0. The number of rotatable bonds is 5. The summed E-state index contributed by atoms with van der Waals surface area (Å²) in [5, 5.41) is 2.55. The fourth-order valence-electron chi connectivity index (χ4n) is 8.48. The molecule has 3 nitrogen and oxygen atoms in total. The molecular formula is C49H35N3. The molecule has 0 amide bonds. The number of fused-ring (bicyclic) bond motifs is 7. The third kappa shape index (κ3) is 4.66. The number of hydrogen-bond donors (Lipinski definition) is 0. The van der Waals surface area contributed by atoms with Crippen molar-refractivity contribution in [2.45, 2.75) is 19.3 Å². The molecule has 0 saturated heterocycles. The Morgan fingerprint density at radius 1 is 0.462 bits per heavy atom. The van der Waals surface area contributed by atoms with Crippen molar-refractivity contribution in [3.05, 3.63) is 187 Å². The molecule has 0 radical (unpaired) electrons. The minimum absolute atomic E-state index is 0.209. The number of nitrogens with zero attached hydrogens (tertiary/aromatic N) is 3. The molecule has 0 N–H and O–H groups in total. The van der Waals surface area contributed by atoms with Gasteiger partial charge in [-0.1, -0.05) is 123 Å². The Labute approximate surface area is 303 Å². The van der Waals surface area contributed by atoms with Gasteiger partial charge in [0.15, 0.2) is 0 Å². The van der Waals surface area contributed by atoms with Crippen LogP contribution in [0.5, 0.6) is 0 Å². The molecule has 0 unspecified atom stereocenters. The molecule has 0 bridgehead atoms. The molecule has 0 aliphatic heterocycles. The lowest BCUT2D eigenvalue weighted by Crippen LogP contribution is -2.15. The van der Waals surface area contributed by atoms with Gasteiger partial charge in [-0.05, 0) is 99.1 Å². The van der Waals surface area contributed by atoms with Crippen molar-refractivity contribution >= 4 is 21.8 Å². The molecule has 3 heterocycles. The fraction of sp³-hybridized carbons (Fsp3) is 0.0612. The summed E-state index contributed by atoms with van der Waals surface area (Å²) >= 11 is 0. The second-order valence-corrected chi connectivity index (χ2v) is 14.2. The van der Waals surface area contributed by atoms with E-state index >= 15 is 0 Å². The summed E-state index contributed by atoms with van der Waals surface area (Å²) in [5.41, 5.74) is 17.5. The van der Waals surface area contributed by atoms with Crippen LogP contribution in [0.25, 0.3) is 83.4 Å². The van der Waals surface area contributed by atoms with Crippen LogP contribution in [-0.2, 0) is 5.41 Å². The predicted molar refractivity (Wildman–Crippen MR) is 216 cm³/mol. The van der Waals surface area contributed by atoms with E-state index in [0.717, 1.165) is 39.3 Å². The minimum Gasteiger partial charge on any atom is -0.309 e. The van der Waals surface area contributed by atoms with Crippen LogP contribution < -0.4 is 0 Å². The van der Waals surface area contributed by atoms with E-state index in [9.17, 15) is 0 Å². The number of para-hydroxylation sites is 1. The molecule has 1 aliphatic rings. The molecule has 6 aromatic carbocycles. The molecular weight excluding hydrogens is 631 g/mol. The van der Waals surface area contributed by atoms with Gasteiger partial charge in [0.25, 0.3) is 0 Å². The largest absolute Gasteiger partial charge is 0.309 e. The molecule has 3 aromatic heterocycles. The summed E-state index contributed by atoms with van der Waals surface area (Å²) in [6.07, 6.45) is 3.81. The normalized spacial score (nSPS) is 13.0. The van der Waals surface area contributed by atoms with Crippen molar-refractivity contribution in [3.8, 4) is 61.6 Å². The van der Waals surface area contributed by atoms with Crippen LogP contribution in [0.1, 0.15) is 25.0 Å². The average molecular weight is 666 g/mol. The van der Waals surface area contributed by atoms with Crippen LogP contribution in [0.3, 0.4) is 0 Å². The Balaban J connectivity index is 1.23. The topological polar surface area (TPSA) is 30.7 Å². The van der Waals surface area contributed by atoms with Crippen molar-refractivity contribution in [3.63, 3.8) is 0 Å². The van der Waals surface area contributed by atoms with Gasteiger partial charge >= 0.3 is 0 Å². The first-order chi connectivity index (χ1) is 25.6. The first-order valence-electron chi connectivity index (χ1n) is 17.9. The standard InChI is InChI=1S/C49H35N3/c1-49(2)41-21-10-9-20-38(41)46-40(42-22-11-12-26-50-42)31-45-47(48(46)49)39-24-23-34(30-44(39)52(45)37-18-7-4-8-19-37)33-16-13-17-36(28-33)43-29-35(25-27-51-43)32-14-5-3-6-15-32/h3-31H,1-2H3. The van der Waals surface area contributed by atoms with E-state index in [0.29, 0.717) is 0 Å². The molecule has 0 fully saturated rings. The number of aromatic nitrogens is 3. The summed E-state index contributed by atoms with van der Waals surface area (Å²) < 4.78 is 2.45. The van der Waals surface area contributed by atoms with E-state index in [1.54, 1.807) is 0 Å². The summed E-state index contributed by atoms with van der Waals surface area (Å²) in [5.74, 6) is 0. The van der Waals surface area contributed by atoms with Crippen molar-refractivity contribution in [2.24, 2.45) is 0 Å². The average Bonchev–Trinajstić information content (AvgIpc) is 3.66. The molecule has 0 spiro atoms. The second kappa shape index (κ2) is 11.8. The Morgan fingerprint density at radius 2 is 1.15 bits per heavy atom. The van der Waals surface area contributed by atoms with E-state index in [2.05, 4.69) is 176 Å². The van der Waals surface area contributed by atoms with E-state index in [4.69, 9.17) is 9.97 Å². The van der Waals surface area contributed by atoms with Crippen LogP contribution in [0.15, 0.2) is 176 Å². The van der Waals surface area contributed by atoms with Crippen molar-refractivity contribution in [1.29, 1.82) is 0 Å². The van der Waals surface area contributed by atoms with Gasteiger partial charge < -0.3 is 4.57 Å². The first kappa shape index (κ1) is 30.3. The maximum absolute atomic E-state index is 4.91. The lowest BCUT2D eigenvalue weighted by molar-refractivity contribution is 0.666. The highest BCUT2D eigenvalue weighted by Gasteiger charge is 2.40. The predicted octanol–water partition coefficient (Wildman–Crippen LogP) is 12.5. The summed E-state index contributed by atoms with van der Waals surface area (Å²) in [6, 6.07) is 58.8. The highest BCUT2D eigenvalue weighted by Crippen LogP contribution is 2.56. The Kier molecular flexibility index (Phi) is 6.84. The maximum Gasteiger partial charge on any atom is 0.0709 e. The highest BCUT2D eigenvalue weighted by molar-refractivity contribution is 6.17. The van der Waals surface area contributed by atoms with Crippen LogP contribution in [0.2, 0.25) is 0 Å². The maximum atomic E-state index is 4.91. The minimum atomic E-state index is -0.209. The zero-order chi connectivity index (χ0) is 34.8. The van der Waals surface area contributed by atoms with Crippen molar-refractivity contribution < 1.29 is 0 Å². The van der Waals surface area contributed by atoms with Gasteiger partial charge in [0, 0.05) is 45.4 Å². The van der Waals surface area contributed by atoms with E-state index in [1.807, 2.05) is 18.5 Å². The SMILES string of the molecule is CC1(C)c2ccccc2-c2c(-c3ccccn3)cc3c(c21)c1ccc(-c2cccc(-c4cc(-c5ccccc5)ccn4)c2)cc1n3-c1ccccc1. The summed E-state index contributed by atoms with van der Waals surface area (Å²) in [6.45, 7) is 4.76. The zero-order valence-electron chi connectivity index (χ0n) is 29.1. The lowest BCUT2D eigenvalue weighted by Gasteiger charge is -2.23. The Hall–Kier alpha value is -6.58. The van der Waals surface area contributed by atoms with E-state index < -0.39 is 0 Å². The van der Waals surface area contributed by atoms with Crippen molar-refractivity contribution in [1.82, 2.24) is 14.5 Å². The summed E-state index contributed by atoms with van der Waals surface area (Å²) in [7, 11) is 0. The molecule has 0 atom stereocenters. The van der Waals surface area contributed by atoms with Crippen LogP contribution in [0, 0.1) is 0 Å². The third-order valence-electron chi connectivity index (χ3n) is 10.9. The third-order valence-corrected chi connectivity index (χ3v) is 10.9. The van der Waals surface area contributed by atoms with Gasteiger partial charge in [0.1, 0.15) is 0 Å².